The molecule has 0 aliphatic rings. The summed E-state index contributed by atoms with van der Waals surface area (Å²) in [7, 11) is 0. The molecule has 0 radical (unpaired) electrons. The van der Waals surface area contributed by atoms with E-state index in [-0.39, 0.29) is 11.3 Å². The van der Waals surface area contributed by atoms with E-state index in [0.29, 0.717) is 34.1 Å². The number of amides is 1. The number of carbonyl (C=O) groups is 1. The van der Waals surface area contributed by atoms with Gasteiger partial charge in [-0.3, -0.25) is 19.9 Å². The number of aromatic nitrogens is 5. The molecular weight excluding hydrogens is 434 g/mol. The van der Waals surface area contributed by atoms with Crippen LogP contribution in [0.25, 0.3) is 28.4 Å². The molecule has 10 heteroatoms. The molecule has 2 aromatic carbocycles. The number of hydrogen-bond donors (Lipinski definition) is 1. The number of nitro benzene ring substituents is 1. The predicted molar refractivity (Wildman–Crippen MR) is 125 cm³/mol. The van der Waals surface area contributed by atoms with Crippen molar-refractivity contribution < 1.29 is 9.72 Å². The number of nitro groups is 1. The van der Waals surface area contributed by atoms with Crippen LogP contribution in [0.2, 0.25) is 0 Å². The highest BCUT2D eigenvalue weighted by molar-refractivity contribution is 6.06. The van der Waals surface area contributed by atoms with Crippen LogP contribution < -0.4 is 5.32 Å². The Bertz CT molecular complexity index is 1550. The van der Waals surface area contributed by atoms with Gasteiger partial charge in [-0.2, -0.15) is 9.61 Å². The number of hydrogen-bond acceptors (Lipinski definition) is 7. The minimum absolute atomic E-state index is 0.100. The Hall–Kier alpha value is -4.99. The fraction of sp³-hybridized carbons (Fsp3) is 0.0417. The van der Waals surface area contributed by atoms with Crippen molar-refractivity contribution in [2.24, 2.45) is 0 Å². The zero-order valence-electron chi connectivity index (χ0n) is 17.9. The first-order chi connectivity index (χ1) is 16.5. The number of anilines is 1. The zero-order chi connectivity index (χ0) is 23.7. The number of rotatable bonds is 5. The van der Waals surface area contributed by atoms with Crippen LogP contribution >= 0.6 is 0 Å². The van der Waals surface area contributed by atoms with Gasteiger partial charge in [-0.25, -0.2) is 0 Å². The van der Waals surface area contributed by atoms with Crippen molar-refractivity contribution in [1.29, 1.82) is 0 Å². The monoisotopic (exact) mass is 451 g/mol. The molecule has 0 atom stereocenters. The molecule has 1 amide bonds. The average Bonchev–Trinajstić information content (AvgIpc) is 3.28. The van der Waals surface area contributed by atoms with Crippen LogP contribution in [0.5, 0.6) is 0 Å². The van der Waals surface area contributed by atoms with Gasteiger partial charge in [-0.15, -0.1) is 10.2 Å². The van der Waals surface area contributed by atoms with Crippen molar-refractivity contribution in [3.63, 3.8) is 0 Å². The van der Waals surface area contributed by atoms with Crippen molar-refractivity contribution in [3.8, 4) is 22.8 Å². The maximum absolute atomic E-state index is 12.8. The Balaban J connectivity index is 1.46. The summed E-state index contributed by atoms with van der Waals surface area (Å²) in [5.41, 5.74) is 3.61. The van der Waals surface area contributed by atoms with E-state index in [0.717, 1.165) is 5.56 Å². The van der Waals surface area contributed by atoms with Crippen molar-refractivity contribution in [2.75, 3.05) is 5.32 Å². The third-order valence-electron chi connectivity index (χ3n) is 5.32. The predicted octanol–water partition coefficient (Wildman–Crippen LogP) is 4.32. The van der Waals surface area contributed by atoms with Gasteiger partial charge in [-0.05, 0) is 49.4 Å². The van der Waals surface area contributed by atoms with E-state index in [1.165, 1.54) is 12.1 Å². The molecular formula is C24H17N7O3. The van der Waals surface area contributed by atoms with Crippen LogP contribution in [-0.4, -0.2) is 35.6 Å². The van der Waals surface area contributed by atoms with E-state index in [4.69, 9.17) is 0 Å². The molecule has 10 nitrogen and oxygen atoms in total. The second-order valence-corrected chi connectivity index (χ2v) is 7.47. The van der Waals surface area contributed by atoms with Crippen LogP contribution in [0.3, 0.4) is 0 Å². The highest BCUT2D eigenvalue weighted by atomic mass is 16.6. The Morgan fingerprint density at radius 2 is 1.82 bits per heavy atom. The SMILES string of the molecule is Cc1c(C(=O)Nc2cccc(-c3ccc4nnc(-c5ccccn5)n4n3)c2)cccc1[N+](=O)[O-]. The normalized spacial score (nSPS) is 10.9. The molecule has 34 heavy (non-hydrogen) atoms. The van der Waals surface area contributed by atoms with E-state index in [1.54, 1.807) is 48.0 Å². The molecule has 3 aromatic heterocycles. The quantitative estimate of drug-likeness (QED) is 0.311. The van der Waals surface area contributed by atoms with E-state index < -0.39 is 10.8 Å². The summed E-state index contributed by atoms with van der Waals surface area (Å²) in [5, 5.41) is 27.0. The van der Waals surface area contributed by atoms with Gasteiger partial charge in [0.05, 0.1) is 10.6 Å². The number of nitrogens with zero attached hydrogens (tertiary/aromatic N) is 6. The van der Waals surface area contributed by atoms with Gasteiger partial charge in [0, 0.05) is 34.6 Å². The van der Waals surface area contributed by atoms with Gasteiger partial charge in [0.1, 0.15) is 5.69 Å². The van der Waals surface area contributed by atoms with Gasteiger partial charge in [0.15, 0.2) is 5.65 Å². The van der Waals surface area contributed by atoms with Gasteiger partial charge >= 0.3 is 0 Å². The molecule has 3 heterocycles. The standard InChI is InChI=1S/C24H17N7O3/c1-15-18(8-5-10-21(15)31(33)34)24(32)26-17-7-4-6-16(14-17)19-11-12-22-27-28-23(30(22)29-19)20-9-2-3-13-25-20/h2-14H,1H3,(H,26,32). The van der Waals surface area contributed by atoms with E-state index in [1.807, 2.05) is 30.3 Å². The molecule has 0 aliphatic carbocycles. The lowest BCUT2D eigenvalue weighted by Gasteiger charge is -2.09. The second kappa shape index (κ2) is 8.51. The molecule has 0 saturated carbocycles. The fourth-order valence-electron chi connectivity index (χ4n) is 3.62. The third-order valence-corrected chi connectivity index (χ3v) is 5.32. The maximum atomic E-state index is 12.8. The van der Waals surface area contributed by atoms with E-state index >= 15 is 0 Å². The average molecular weight is 451 g/mol. The third kappa shape index (κ3) is 3.84. The summed E-state index contributed by atoms with van der Waals surface area (Å²) in [4.78, 5) is 27.8. The summed E-state index contributed by atoms with van der Waals surface area (Å²) < 4.78 is 1.62. The van der Waals surface area contributed by atoms with E-state index in [9.17, 15) is 14.9 Å². The van der Waals surface area contributed by atoms with Crippen molar-refractivity contribution in [2.45, 2.75) is 6.92 Å². The first-order valence-corrected chi connectivity index (χ1v) is 10.3. The molecule has 5 rings (SSSR count). The van der Waals surface area contributed by atoms with Gasteiger partial charge in [-0.1, -0.05) is 24.3 Å². The highest BCUT2D eigenvalue weighted by Crippen LogP contribution is 2.25. The van der Waals surface area contributed by atoms with Crippen LogP contribution in [0.4, 0.5) is 11.4 Å². The Labute approximate surface area is 193 Å². The fourth-order valence-corrected chi connectivity index (χ4v) is 3.62. The second-order valence-electron chi connectivity index (χ2n) is 7.47. The lowest BCUT2D eigenvalue weighted by molar-refractivity contribution is -0.385. The van der Waals surface area contributed by atoms with Crippen LogP contribution in [0.1, 0.15) is 15.9 Å². The molecule has 0 unspecified atom stereocenters. The smallest absolute Gasteiger partial charge is 0.273 e. The Morgan fingerprint density at radius 1 is 0.971 bits per heavy atom. The van der Waals surface area contributed by atoms with Gasteiger partial charge < -0.3 is 5.32 Å². The number of fused-ring (bicyclic) bond motifs is 1. The minimum atomic E-state index is -0.501. The van der Waals surface area contributed by atoms with Gasteiger partial charge in [0.25, 0.3) is 11.6 Å². The minimum Gasteiger partial charge on any atom is -0.322 e. The summed E-state index contributed by atoms with van der Waals surface area (Å²) >= 11 is 0. The summed E-state index contributed by atoms with van der Waals surface area (Å²) in [6.45, 7) is 1.56. The highest BCUT2D eigenvalue weighted by Gasteiger charge is 2.18. The molecule has 1 N–H and O–H groups in total. The molecule has 0 saturated heterocycles. The first kappa shape index (κ1) is 20.9. The molecule has 166 valence electrons. The topological polar surface area (TPSA) is 128 Å². The summed E-state index contributed by atoms with van der Waals surface area (Å²) in [6.07, 6.45) is 1.68. The van der Waals surface area contributed by atoms with Crippen molar-refractivity contribution in [1.82, 2.24) is 24.8 Å². The lowest BCUT2D eigenvalue weighted by atomic mass is 10.1. The number of benzene rings is 2. The molecule has 0 bridgehead atoms. The van der Waals surface area contributed by atoms with Crippen LogP contribution in [0.15, 0.2) is 79.0 Å². The summed E-state index contributed by atoms with van der Waals surface area (Å²) in [6, 6.07) is 20.7. The Morgan fingerprint density at radius 3 is 2.62 bits per heavy atom. The van der Waals surface area contributed by atoms with Gasteiger partial charge in [0.2, 0.25) is 5.82 Å². The maximum Gasteiger partial charge on any atom is 0.273 e. The largest absolute Gasteiger partial charge is 0.322 e. The molecule has 0 fully saturated rings. The lowest BCUT2D eigenvalue weighted by Crippen LogP contribution is -2.14. The zero-order valence-corrected chi connectivity index (χ0v) is 17.9. The van der Waals surface area contributed by atoms with Crippen molar-refractivity contribution in [3.05, 3.63) is 100 Å². The number of carbonyl (C=O) groups excluding carboxylic acids is 1. The number of pyridine rings is 1. The molecule has 5 aromatic rings. The van der Waals surface area contributed by atoms with Crippen molar-refractivity contribution >= 4 is 22.9 Å². The number of nitrogens with one attached hydrogen (secondary N) is 1. The van der Waals surface area contributed by atoms with E-state index in [2.05, 4.69) is 25.6 Å². The molecule has 0 spiro atoms. The summed E-state index contributed by atoms with van der Waals surface area (Å²) in [5.74, 6) is 0.0843. The molecule has 0 aliphatic heterocycles. The first-order valence-electron chi connectivity index (χ1n) is 10.3. The van der Waals surface area contributed by atoms with Crippen LogP contribution in [0, 0.1) is 17.0 Å². The van der Waals surface area contributed by atoms with Crippen LogP contribution in [-0.2, 0) is 0 Å². The Kier molecular flexibility index (Phi) is 5.23.